The minimum Gasteiger partial charge on any atom is -0.381 e. The summed E-state index contributed by atoms with van der Waals surface area (Å²) in [6, 6.07) is 0.782. The van der Waals surface area contributed by atoms with Gasteiger partial charge in [0.05, 0.1) is 6.61 Å². The van der Waals surface area contributed by atoms with E-state index in [9.17, 15) is 0 Å². The van der Waals surface area contributed by atoms with Crippen molar-refractivity contribution >= 4 is 0 Å². The molecule has 0 N–H and O–H groups in total. The van der Waals surface area contributed by atoms with E-state index in [1.54, 1.807) is 0 Å². The quantitative estimate of drug-likeness (QED) is 0.775. The number of hydrogen-bond acceptors (Lipinski definition) is 4. The van der Waals surface area contributed by atoms with E-state index >= 15 is 0 Å². The molecule has 0 bridgehead atoms. The van der Waals surface area contributed by atoms with Gasteiger partial charge in [0.2, 0.25) is 0 Å². The number of likely N-dealkylation sites (tertiary alicyclic amines) is 2. The van der Waals surface area contributed by atoms with Crippen molar-refractivity contribution in [1.82, 2.24) is 9.80 Å². The molecule has 4 heteroatoms. The number of piperidine rings is 1. The minimum atomic E-state index is 0.528. The molecular weight excluding hydrogens is 288 g/mol. The molecule has 3 saturated heterocycles. The second-order valence-corrected chi connectivity index (χ2v) is 8.62. The zero-order chi connectivity index (χ0) is 15.7. The van der Waals surface area contributed by atoms with Gasteiger partial charge in [-0.25, -0.2) is 0 Å². The first-order valence-electron chi connectivity index (χ1n) is 9.83. The first kappa shape index (κ1) is 16.3. The highest BCUT2D eigenvalue weighted by Crippen LogP contribution is 2.45. The fourth-order valence-electron chi connectivity index (χ4n) is 5.14. The first-order chi connectivity index (χ1) is 11.3. The average molecular weight is 322 g/mol. The topological polar surface area (TPSA) is 24.9 Å². The summed E-state index contributed by atoms with van der Waals surface area (Å²) in [6.07, 6.45) is 8.01. The first-order valence-corrected chi connectivity index (χ1v) is 9.83. The molecule has 23 heavy (non-hydrogen) atoms. The van der Waals surface area contributed by atoms with E-state index < -0.39 is 0 Å². The Morgan fingerprint density at radius 3 is 2.48 bits per heavy atom. The molecule has 4 nitrogen and oxygen atoms in total. The third-order valence-electron chi connectivity index (χ3n) is 6.85. The molecule has 1 saturated carbocycles. The summed E-state index contributed by atoms with van der Waals surface area (Å²) in [7, 11) is 2.30. The van der Waals surface area contributed by atoms with Crippen LogP contribution in [0.4, 0.5) is 0 Å². The van der Waals surface area contributed by atoms with E-state index in [0.29, 0.717) is 5.41 Å². The summed E-state index contributed by atoms with van der Waals surface area (Å²) in [5.41, 5.74) is 0.528. The molecule has 4 fully saturated rings. The van der Waals surface area contributed by atoms with Crippen molar-refractivity contribution in [3.05, 3.63) is 0 Å². The van der Waals surface area contributed by atoms with Gasteiger partial charge in [-0.1, -0.05) is 0 Å². The van der Waals surface area contributed by atoms with Crippen LogP contribution in [0.5, 0.6) is 0 Å². The van der Waals surface area contributed by atoms with E-state index in [0.717, 1.165) is 44.3 Å². The van der Waals surface area contributed by atoms with Gasteiger partial charge in [-0.2, -0.15) is 0 Å². The lowest BCUT2D eigenvalue weighted by molar-refractivity contribution is -0.0163. The van der Waals surface area contributed by atoms with Crippen LogP contribution in [0.25, 0.3) is 0 Å². The second-order valence-electron chi connectivity index (χ2n) is 8.62. The molecule has 0 radical (unpaired) electrons. The predicted octanol–water partition coefficient (Wildman–Crippen LogP) is 2.24. The Hall–Kier alpha value is -0.160. The Morgan fingerprint density at radius 1 is 1.04 bits per heavy atom. The van der Waals surface area contributed by atoms with Gasteiger partial charge >= 0.3 is 0 Å². The molecule has 1 atom stereocenters. The Labute approximate surface area is 141 Å². The molecule has 132 valence electrons. The van der Waals surface area contributed by atoms with Gasteiger partial charge in [0.25, 0.3) is 0 Å². The molecule has 0 aromatic heterocycles. The van der Waals surface area contributed by atoms with E-state index in [4.69, 9.17) is 9.47 Å². The van der Waals surface area contributed by atoms with Gasteiger partial charge in [0, 0.05) is 44.9 Å². The van der Waals surface area contributed by atoms with Crippen LogP contribution in [0.1, 0.15) is 38.5 Å². The highest BCUT2D eigenvalue weighted by molar-refractivity contribution is 4.99. The Morgan fingerprint density at radius 2 is 1.78 bits per heavy atom. The molecule has 1 spiro atoms. The van der Waals surface area contributed by atoms with Gasteiger partial charge in [-0.05, 0) is 70.0 Å². The Balaban J connectivity index is 1.31. The highest BCUT2D eigenvalue weighted by Gasteiger charge is 2.47. The van der Waals surface area contributed by atoms with Gasteiger partial charge in [0.1, 0.15) is 0 Å². The molecule has 4 aliphatic rings. The lowest BCUT2D eigenvalue weighted by atomic mass is 9.71. The van der Waals surface area contributed by atoms with Crippen LogP contribution in [0.2, 0.25) is 0 Å². The van der Waals surface area contributed by atoms with E-state index in [-0.39, 0.29) is 0 Å². The molecule has 4 rings (SSSR count). The molecule has 0 unspecified atom stereocenters. The summed E-state index contributed by atoms with van der Waals surface area (Å²) in [5, 5.41) is 0. The van der Waals surface area contributed by atoms with Crippen LogP contribution in [0.15, 0.2) is 0 Å². The van der Waals surface area contributed by atoms with Gasteiger partial charge in [-0.15, -0.1) is 0 Å². The highest BCUT2D eigenvalue weighted by atomic mass is 16.5. The predicted molar refractivity (Wildman–Crippen MR) is 91.6 cm³/mol. The number of rotatable bonds is 5. The molecule has 0 aromatic carbocycles. The molecule has 3 aliphatic heterocycles. The van der Waals surface area contributed by atoms with Crippen LogP contribution in [0, 0.1) is 17.3 Å². The zero-order valence-corrected chi connectivity index (χ0v) is 14.8. The van der Waals surface area contributed by atoms with Crippen molar-refractivity contribution in [1.29, 1.82) is 0 Å². The average Bonchev–Trinajstić information content (AvgIpc) is 3.34. The molecule has 0 aromatic rings. The van der Waals surface area contributed by atoms with E-state index in [2.05, 4.69) is 16.8 Å². The summed E-state index contributed by atoms with van der Waals surface area (Å²) in [5.74, 6) is 1.64. The number of nitrogens with zero attached hydrogens (tertiary/aromatic N) is 2. The molecule has 3 heterocycles. The smallest absolute Gasteiger partial charge is 0.0512 e. The standard InChI is InChI=1S/C19H34N2O2/c1-20-12-17(14-23-13-16-2-3-16)19(15-20)6-8-21(9-7-19)18-4-10-22-11-5-18/h16-18H,2-15H2,1H3/t17-/m1/s1. The van der Waals surface area contributed by atoms with E-state index in [1.807, 2.05) is 0 Å². The third-order valence-corrected chi connectivity index (χ3v) is 6.85. The summed E-state index contributed by atoms with van der Waals surface area (Å²) in [6.45, 7) is 9.05. The summed E-state index contributed by atoms with van der Waals surface area (Å²) in [4.78, 5) is 5.31. The lowest BCUT2D eigenvalue weighted by Gasteiger charge is -2.46. The van der Waals surface area contributed by atoms with Crippen LogP contribution in [0.3, 0.4) is 0 Å². The van der Waals surface area contributed by atoms with Crippen molar-refractivity contribution < 1.29 is 9.47 Å². The molecule has 1 aliphatic carbocycles. The largest absolute Gasteiger partial charge is 0.381 e. The monoisotopic (exact) mass is 322 g/mol. The Kier molecular flexibility index (Phi) is 4.96. The summed E-state index contributed by atoms with van der Waals surface area (Å²) < 4.78 is 11.6. The SMILES string of the molecule is CN1C[C@H](COCC2CC2)C2(CCN(C3CCOCC3)CC2)C1. The zero-order valence-electron chi connectivity index (χ0n) is 14.8. The fraction of sp³-hybridized carbons (Fsp3) is 1.00. The van der Waals surface area contributed by atoms with Crippen LogP contribution < -0.4 is 0 Å². The van der Waals surface area contributed by atoms with Gasteiger partial charge in [0.15, 0.2) is 0 Å². The fourth-order valence-corrected chi connectivity index (χ4v) is 5.14. The maximum atomic E-state index is 6.10. The maximum absolute atomic E-state index is 6.10. The van der Waals surface area contributed by atoms with Gasteiger partial charge < -0.3 is 19.3 Å². The summed E-state index contributed by atoms with van der Waals surface area (Å²) >= 11 is 0. The number of hydrogen-bond donors (Lipinski definition) is 0. The van der Waals surface area contributed by atoms with Crippen molar-refractivity contribution in [2.75, 3.05) is 59.7 Å². The van der Waals surface area contributed by atoms with Crippen LogP contribution in [-0.2, 0) is 9.47 Å². The molecule has 0 amide bonds. The van der Waals surface area contributed by atoms with Crippen molar-refractivity contribution in [3.8, 4) is 0 Å². The lowest BCUT2D eigenvalue weighted by Crippen LogP contribution is -2.49. The van der Waals surface area contributed by atoms with Crippen molar-refractivity contribution in [2.24, 2.45) is 17.3 Å². The second kappa shape index (κ2) is 6.99. The molecular formula is C19H34N2O2. The van der Waals surface area contributed by atoms with Crippen molar-refractivity contribution in [2.45, 2.75) is 44.6 Å². The van der Waals surface area contributed by atoms with Crippen molar-refractivity contribution in [3.63, 3.8) is 0 Å². The number of ether oxygens (including phenoxy) is 2. The van der Waals surface area contributed by atoms with Gasteiger partial charge in [-0.3, -0.25) is 0 Å². The maximum Gasteiger partial charge on any atom is 0.0512 e. The third kappa shape index (κ3) is 3.76. The Bertz CT molecular complexity index is 385. The van der Waals surface area contributed by atoms with E-state index in [1.165, 1.54) is 64.7 Å². The minimum absolute atomic E-state index is 0.528. The van der Waals surface area contributed by atoms with Crippen LogP contribution >= 0.6 is 0 Å². The van der Waals surface area contributed by atoms with Crippen LogP contribution in [-0.4, -0.2) is 75.5 Å². The normalized spacial score (nSPS) is 33.5.